The van der Waals surface area contributed by atoms with E-state index in [0.717, 1.165) is 31.4 Å². The number of hydrogen-bond acceptors (Lipinski definition) is 2. The normalized spacial score (nSPS) is 11.1. The lowest BCUT2D eigenvalue weighted by Gasteiger charge is -2.07. The molecule has 2 aromatic carbocycles. The molecule has 0 unspecified atom stereocenters. The first-order valence-corrected chi connectivity index (χ1v) is 7.53. The van der Waals surface area contributed by atoms with Crippen LogP contribution in [0.1, 0.15) is 11.1 Å². The van der Waals surface area contributed by atoms with Crippen LogP contribution in [0.15, 0.2) is 45.7 Å². The summed E-state index contributed by atoms with van der Waals surface area (Å²) in [5.74, 6) is 0. The molecule has 0 aliphatic carbocycles. The minimum atomic E-state index is 0.0572. The van der Waals surface area contributed by atoms with Crippen molar-refractivity contribution in [2.45, 2.75) is 13.8 Å². The van der Waals surface area contributed by atoms with E-state index in [0.29, 0.717) is 0 Å². The van der Waals surface area contributed by atoms with Gasteiger partial charge in [0.2, 0.25) is 0 Å². The molecule has 2 nitrogen and oxygen atoms in total. The second-order valence-corrected chi connectivity index (χ2v) is 6.36. The molecule has 0 spiro atoms. The number of aryl methyl sites for hydroxylation is 2. The summed E-state index contributed by atoms with van der Waals surface area (Å²) in [5.41, 5.74) is 3.27. The van der Waals surface area contributed by atoms with Crippen LogP contribution in [0.4, 0.5) is 0 Å². The molecule has 3 aromatic rings. The standard InChI is InChI=1S/C15H12BrNOS/c1-9-7-11(8-10(2)14(9)16)17-15(18)12-5-3-4-6-13(12)19-17/h3-8H,1-2H3. The topological polar surface area (TPSA) is 22.0 Å². The molecule has 0 aliphatic heterocycles. The summed E-state index contributed by atoms with van der Waals surface area (Å²) < 4.78 is 3.88. The highest BCUT2D eigenvalue weighted by atomic mass is 79.9. The van der Waals surface area contributed by atoms with Crippen molar-refractivity contribution in [2.24, 2.45) is 0 Å². The Bertz CT molecular complexity index is 809. The van der Waals surface area contributed by atoms with Gasteiger partial charge in [0.1, 0.15) is 0 Å². The molecule has 0 radical (unpaired) electrons. The maximum absolute atomic E-state index is 12.4. The predicted molar refractivity (Wildman–Crippen MR) is 84.6 cm³/mol. The van der Waals surface area contributed by atoms with Gasteiger partial charge in [0.25, 0.3) is 5.56 Å². The molecule has 0 atom stereocenters. The highest BCUT2D eigenvalue weighted by molar-refractivity contribution is 9.10. The Hall–Kier alpha value is -1.39. The lowest BCUT2D eigenvalue weighted by molar-refractivity contribution is 1.12. The first kappa shape index (κ1) is 12.6. The Morgan fingerprint density at radius 2 is 1.74 bits per heavy atom. The number of rotatable bonds is 1. The van der Waals surface area contributed by atoms with E-state index in [9.17, 15) is 4.79 Å². The Labute approximate surface area is 123 Å². The van der Waals surface area contributed by atoms with Crippen LogP contribution in [0, 0.1) is 13.8 Å². The van der Waals surface area contributed by atoms with Crippen LogP contribution in [-0.2, 0) is 0 Å². The Morgan fingerprint density at radius 3 is 2.37 bits per heavy atom. The average molecular weight is 334 g/mol. The zero-order valence-corrected chi connectivity index (χ0v) is 13.0. The van der Waals surface area contributed by atoms with Gasteiger partial charge in [-0.3, -0.25) is 4.79 Å². The second kappa shape index (κ2) is 4.62. The van der Waals surface area contributed by atoms with Gasteiger partial charge in [0.05, 0.1) is 15.8 Å². The van der Waals surface area contributed by atoms with Gasteiger partial charge in [-0.05, 0) is 49.2 Å². The Morgan fingerprint density at radius 1 is 1.11 bits per heavy atom. The van der Waals surface area contributed by atoms with Crippen molar-refractivity contribution in [1.29, 1.82) is 0 Å². The van der Waals surface area contributed by atoms with E-state index < -0.39 is 0 Å². The fraction of sp³-hybridized carbons (Fsp3) is 0.133. The fourth-order valence-corrected chi connectivity index (χ4v) is 3.39. The highest BCUT2D eigenvalue weighted by Gasteiger charge is 2.10. The van der Waals surface area contributed by atoms with Crippen molar-refractivity contribution in [3.05, 3.63) is 62.4 Å². The lowest BCUT2D eigenvalue weighted by atomic mass is 10.1. The third kappa shape index (κ3) is 2.05. The van der Waals surface area contributed by atoms with Gasteiger partial charge < -0.3 is 0 Å². The third-order valence-electron chi connectivity index (χ3n) is 3.15. The number of fused-ring (bicyclic) bond motifs is 1. The molecule has 0 N–H and O–H groups in total. The van der Waals surface area contributed by atoms with Crippen molar-refractivity contribution in [3.63, 3.8) is 0 Å². The molecule has 0 aliphatic rings. The molecule has 0 fully saturated rings. The zero-order valence-electron chi connectivity index (χ0n) is 10.6. The van der Waals surface area contributed by atoms with Crippen molar-refractivity contribution >= 4 is 37.5 Å². The first-order chi connectivity index (χ1) is 9.08. The summed E-state index contributed by atoms with van der Waals surface area (Å²) in [4.78, 5) is 12.4. The van der Waals surface area contributed by atoms with E-state index in [2.05, 4.69) is 15.9 Å². The number of halogens is 1. The van der Waals surface area contributed by atoms with E-state index in [4.69, 9.17) is 0 Å². The van der Waals surface area contributed by atoms with Crippen LogP contribution in [0.5, 0.6) is 0 Å². The van der Waals surface area contributed by atoms with Crippen molar-refractivity contribution in [1.82, 2.24) is 3.96 Å². The minimum absolute atomic E-state index is 0.0572. The molecule has 96 valence electrons. The molecule has 0 saturated carbocycles. The average Bonchev–Trinajstić information content (AvgIpc) is 2.73. The summed E-state index contributed by atoms with van der Waals surface area (Å²) in [7, 11) is 0. The van der Waals surface area contributed by atoms with Crippen LogP contribution < -0.4 is 5.56 Å². The van der Waals surface area contributed by atoms with Gasteiger partial charge in [0.15, 0.2) is 0 Å². The molecule has 19 heavy (non-hydrogen) atoms. The quantitative estimate of drug-likeness (QED) is 0.645. The van der Waals surface area contributed by atoms with Crippen LogP contribution in [0.2, 0.25) is 0 Å². The Kier molecular flexibility index (Phi) is 3.07. The van der Waals surface area contributed by atoms with E-state index in [1.165, 1.54) is 11.5 Å². The number of nitrogens with zero attached hydrogens (tertiary/aromatic N) is 1. The minimum Gasteiger partial charge on any atom is -0.267 e. The summed E-state index contributed by atoms with van der Waals surface area (Å²) in [6.07, 6.45) is 0. The van der Waals surface area contributed by atoms with Crippen molar-refractivity contribution in [3.8, 4) is 5.69 Å². The van der Waals surface area contributed by atoms with Crippen molar-refractivity contribution in [2.75, 3.05) is 0 Å². The predicted octanol–water partition coefficient (Wildman–Crippen LogP) is 4.43. The zero-order chi connectivity index (χ0) is 13.6. The lowest BCUT2D eigenvalue weighted by Crippen LogP contribution is -2.11. The van der Waals surface area contributed by atoms with E-state index in [1.54, 1.807) is 3.96 Å². The summed E-state index contributed by atoms with van der Waals surface area (Å²) in [5, 5.41) is 0.783. The Balaban J connectivity index is 2.31. The van der Waals surface area contributed by atoms with E-state index in [1.807, 2.05) is 50.2 Å². The monoisotopic (exact) mass is 333 g/mol. The van der Waals surface area contributed by atoms with Gasteiger partial charge >= 0.3 is 0 Å². The van der Waals surface area contributed by atoms with Gasteiger partial charge in [-0.1, -0.05) is 39.6 Å². The molecule has 1 aromatic heterocycles. The second-order valence-electron chi connectivity index (χ2n) is 4.58. The molecule has 0 amide bonds. The van der Waals surface area contributed by atoms with E-state index >= 15 is 0 Å². The molecule has 0 bridgehead atoms. The molecule has 1 heterocycles. The first-order valence-electron chi connectivity index (χ1n) is 5.96. The highest BCUT2D eigenvalue weighted by Crippen LogP contribution is 2.26. The number of hydrogen-bond donors (Lipinski definition) is 0. The third-order valence-corrected chi connectivity index (χ3v) is 5.51. The largest absolute Gasteiger partial charge is 0.273 e. The number of aromatic nitrogens is 1. The van der Waals surface area contributed by atoms with Crippen LogP contribution in [-0.4, -0.2) is 3.96 Å². The smallest absolute Gasteiger partial charge is 0.267 e. The SMILES string of the molecule is Cc1cc(-n2sc3ccccc3c2=O)cc(C)c1Br. The van der Waals surface area contributed by atoms with Gasteiger partial charge in [-0.2, -0.15) is 0 Å². The summed E-state index contributed by atoms with van der Waals surface area (Å²) in [6.45, 7) is 4.08. The summed E-state index contributed by atoms with van der Waals surface area (Å²) >= 11 is 5.04. The van der Waals surface area contributed by atoms with Crippen LogP contribution in [0.25, 0.3) is 15.8 Å². The molecular weight excluding hydrogens is 322 g/mol. The van der Waals surface area contributed by atoms with Crippen LogP contribution in [0.3, 0.4) is 0 Å². The van der Waals surface area contributed by atoms with Gasteiger partial charge in [0, 0.05) is 4.47 Å². The van der Waals surface area contributed by atoms with Gasteiger partial charge in [-0.25, -0.2) is 3.96 Å². The molecular formula is C15H12BrNOS. The van der Waals surface area contributed by atoms with E-state index in [-0.39, 0.29) is 5.56 Å². The van der Waals surface area contributed by atoms with Crippen molar-refractivity contribution < 1.29 is 0 Å². The fourth-order valence-electron chi connectivity index (χ4n) is 2.18. The van der Waals surface area contributed by atoms with Crippen LogP contribution >= 0.6 is 27.5 Å². The molecule has 0 saturated heterocycles. The summed E-state index contributed by atoms with van der Waals surface area (Å²) in [6, 6.07) is 11.8. The molecule has 3 rings (SSSR count). The van der Waals surface area contributed by atoms with Gasteiger partial charge in [-0.15, -0.1) is 0 Å². The maximum Gasteiger partial charge on any atom is 0.273 e. The molecule has 4 heteroatoms. The number of benzene rings is 2. The maximum atomic E-state index is 12.4.